The average molecular weight is 278 g/mol. The number of anilines is 1. The average Bonchev–Trinajstić information content (AvgIpc) is 2.49. The number of carbonyl (C=O) groups is 1. The Balaban J connectivity index is 2.24. The molecule has 0 spiro atoms. The van der Waals surface area contributed by atoms with Crippen LogP contribution in [0.5, 0.6) is 5.75 Å². The van der Waals surface area contributed by atoms with Crippen LogP contribution in [0.15, 0.2) is 24.3 Å². The Bertz CT molecular complexity index is 461. The van der Waals surface area contributed by atoms with Gasteiger partial charge >= 0.3 is 5.97 Å². The van der Waals surface area contributed by atoms with E-state index in [0.29, 0.717) is 6.42 Å². The van der Waals surface area contributed by atoms with E-state index < -0.39 is 5.54 Å². The number of nitrogens with one attached hydrogen (secondary N) is 2. The second-order valence-corrected chi connectivity index (χ2v) is 5.17. The zero-order valence-corrected chi connectivity index (χ0v) is 12.2. The number of benzene rings is 1. The molecule has 2 atom stereocenters. The van der Waals surface area contributed by atoms with E-state index in [9.17, 15) is 4.79 Å². The zero-order chi connectivity index (χ0) is 14.6. The molecule has 1 saturated heterocycles. The fourth-order valence-corrected chi connectivity index (χ4v) is 2.68. The van der Waals surface area contributed by atoms with Crippen molar-refractivity contribution in [1.29, 1.82) is 0 Å². The summed E-state index contributed by atoms with van der Waals surface area (Å²) in [4.78, 5) is 12.3. The normalized spacial score (nSPS) is 25.9. The first kappa shape index (κ1) is 14.7. The number of methoxy groups -OCH3 is 2. The lowest BCUT2D eigenvalue weighted by molar-refractivity contribution is -0.148. The van der Waals surface area contributed by atoms with Gasteiger partial charge in [0.25, 0.3) is 0 Å². The minimum Gasteiger partial charge on any atom is -0.497 e. The van der Waals surface area contributed by atoms with Gasteiger partial charge in [-0.2, -0.15) is 0 Å². The van der Waals surface area contributed by atoms with Gasteiger partial charge in [-0.3, -0.25) is 0 Å². The molecule has 5 nitrogen and oxygen atoms in total. The first-order valence-corrected chi connectivity index (χ1v) is 6.84. The lowest BCUT2D eigenvalue weighted by atomic mass is 9.79. The van der Waals surface area contributed by atoms with Gasteiger partial charge in [0.2, 0.25) is 0 Å². The monoisotopic (exact) mass is 278 g/mol. The molecule has 0 aromatic heterocycles. The number of carbonyl (C=O) groups excluding carboxylic acids is 1. The van der Waals surface area contributed by atoms with Gasteiger partial charge in [0.05, 0.1) is 14.2 Å². The molecule has 20 heavy (non-hydrogen) atoms. The summed E-state index contributed by atoms with van der Waals surface area (Å²) in [5.74, 6) is 0.731. The van der Waals surface area contributed by atoms with Crippen LogP contribution in [0.4, 0.5) is 5.69 Å². The highest BCUT2D eigenvalue weighted by Crippen LogP contribution is 2.31. The van der Waals surface area contributed by atoms with Gasteiger partial charge in [0.1, 0.15) is 11.3 Å². The molecule has 1 aromatic rings. The first-order valence-electron chi connectivity index (χ1n) is 6.84. The van der Waals surface area contributed by atoms with Crippen LogP contribution in [-0.4, -0.2) is 38.8 Å². The second kappa shape index (κ2) is 6.13. The van der Waals surface area contributed by atoms with Crippen LogP contribution < -0.4 is 15.4 Å². The van der Waals surface area contributed by atoms with E-state index >= 15 is 0 Å². The zero-order valence-electron chi connectivity index (χ0n) is 12.2. The van der Waals surface area contributed by atoms with E-state index in [1.807, 2.05) is 24.3 Å². The van der Waals surface area contributed by atoms with Gasteiger partial charge in [0, 0.05) is 18.2 Å². The van der Waals surface area contributed by atoms with Crippen molar-refractivity contribution in [2.24, 2.45) is 5.92 Å². The third-order valence-corrected chi connectivity index (χ3v) is 3.99. The van der Waals surface area contributed by atoms with E-state index in [-0.39, 0.29) is 11.9 Å². The molecule has 2 rings (SSSR count). The van der Waals surface area contributed by atoms with Crippen LogP contribution in [-0.2, 0) is 9.53 Å². The van der Waals surface area contributed by atoms with Crippen LogP contribution in [0.2, 0.25) is 0 Å². The van der Waals surface area contributed by atoms with Crippen molar-refractivity contribution in [2.75, 3.05) is 32.6 Å². The summed E-state index contributed by atoms with van der Waals surface area (Å²) in [6.45, 7) is 3.64. The number of hydrogen-bond acceptors (Lipinski definition) is 5. The summed E-state index contributed by atoms with van der Waals surface area (Å²) in [5, 5.41) is 6.68. The SMILES string of the molecule is COC(=O)C1(Nc2ccc(OC)cc2)CCNCC1C. The number of ether oxygens (including phenoxy) is 2. The van der Waals surface area contributed by atoms with Gasteiger partial charge in [0.15, 0.2) is 0 Å². The van der Waals surface area contributed by atoms with Crippen molar-refractivity contribution in [3.8, 4) is 5.75 Å². The smallest absolute Gasteiger partial charge is 0.331 e. The maximum Gasteiger partial charge on any atom is 0.331 e. The first-order chi connectivity index (χ1) is 9.62. The van der Waals surface area contributed by atoms with E-state index in [1.54, 1.807) is 7.11 Å². The van der Waals surface area contributed by atoms with Crippen molar-refractivity contribution in [1.82, 2.24) is 5.32 Å². The van der Waals surface area contributed by atoms with Gasteiger partial charge < -0.3 is 20.1 Å². The Kier molecular flexibility index (Phi) is 4.49. The van der Waals surface area contributed by atoms with E-state index in [2.05, 4.69) is 17.6 Å². The van der Waals surface area contributed by atoms with Crippen LogP contribution in [0.1, 0.15) is 13.3 Å². The molecule has 2 N–H and O–H groups in total. The predicted molar refractivity (Wildman–Crippen MR) is 78.0 cm³/mol. The Hall–Kier alpha value is -1.75. The van der Waals surface area contributed by atoms with Gasteiger partial charge in [-0.1, -0.05) is 6.92 Å². The molecule has 0 radical (unpaired) electrons. The maximum absolute atomic E-state index is 12.3. The van der Waals surface area contributed by atoms with Crippen molar-refractivity contribution < 1.29 is 14.3 Å². The van der Waals surface area contributed by atoms with E-state index in [4.69, 9.17) is 9.47 Å². The van der Waals surface area contributed by atoms with Gasteiger partial charge in [-0.05, 0) is 37.2 Å². The van der Waals surface area contributed by atoms with Crippen LogP contribution >= 0.6 is 0 Å². The molecule has 0 aliphatic carbocycles. The number of hydrogen-bond donors (Lipinski definition) is 2. The molecule has 0 amide bonds. The molecule has 5 heteroatoms. The topological polar surface area (TPSA) is 59.6 Å². The summed E-state index contributed by atoms with van der Waals surface area (Å²) < 4.78 is 10.2. The van der Waals surface area contributed by atoms with E-state index in [1.165, 1.54) is 7.11 Å². The molecule has 1 aliphatic rings. The van der Waals surface area contributed by atoms with Gasteiger partial charge in [-0.15, -0.1) is 0 Å². The largest absolute Gasteiger partial charge is 0.497 e. The molecular weight excluding hydrogens is 256 g/mol. The fourth-order valence-electron chi connectivity index (χ4n) is 2.68. The number of esters is 1. The number of rotatable bonds is 4. The summed E-state index contributed by atoms with van der Waals surface area (Å²) in [6, 6.07) is 7.58. The summed E-state index contributed by atoms with van der Waals surface area (Å²) in [6.07, 6.45) is 0.701. The van der Waals surface area contributed by atoms with E-state index in [0.717, 1.165) is 24.5 Å². The third kappa shape index (κ3) is 2.72. The Morgan fingerprint density at radius 2 is 2.05 bits per heavy atom. The highest BCUT2D eigenvalue weighted by Gasteiger charge is 2.46. The molecule has 1 aromatic carbocycles. The Morgan fingerprint density at radius 3 is 2.60 bits per heavy atom. The van der Waals surface area contributed by atoms with Crippen molar-refractivity contribution >= 4 is 11.7 Å². The molecule has 1 fully saturated rings. The van der Waals surface area contributed by atoms with Gasteiger partial charge in [-0.25, -0.2) is 4.79 Å². The second-order valence-electron chi connectivity index (χ2n) is 5.17. The Labute approximate surface area is 119 Å². The van der Waals surface area contributed by atoms with Crippen molar-refractivity contribution in [2.45, 2.75) is 18.9 Å². The minimum atomic E-state index is -0.672. The minimum absolute atomic E-state index is 0.144. The quantitative estimate of drug-likeness (QED) is 0.820. The molecular formula is C15H22N2O3. The summed E-state index contributed by atoms with van der Waals surface area (Å²) in [7, 11) is 3.07. The molecule has 110 valence electrons. The fraction of sp³-hybridized carbons (Fsp3) is 0.533. The summed E-state index contributed by atoms with van der Waals surface area (Å²) >= 11 is 0. The van der Waals surface area contributed by atoms with Crippen LogP contribution in [0, 0.1) is 5.92 Å². The van der Waals surface area contributed by atoms with Crippen LogP contribution in [0.3, 0.4) is 0 Å². The highest BCUT2D eigenvalue weighted by atomic mass is 16.5. The summed E-state index contributed by atoms with van der Waals surface area (Å²) in [5.41, 5.74) is 0.221. The lowest BCUT2D eigenvalue weighted by Gasteiger charge is -2.41. The van der Waals surface area contributed by atoms with Crippen molar-refractivity contribution in [3.05, 3.63) is 24.3 Å². The lowest BCUT2D eigenvalue weighted by Crippen LogP contribution is -2.59. The molecule has 0 bridgehead atoms. The molecule has 1 heterocycles. The molecule has 2 unspecified atom stereocenters. The number of piperidine rings is 1. The highest BCUT2D eigenvalue weighted by molar-refractivity contribution is 5.85. The third-order valence-electron chi connectivity index (χ3n) is 3.99. The maximum atomic E-state index is 12.3. The Morgan fingerprint density at radius 1 is 1.35 bits per heavy atom. The molecule has 1 aliphatic heterocycles. The molecule has 0 saturated carbocycles. The standard InChI is InChI=1S/C15H22N2O3/c1-11-10-16-9-8-15(11,14(18)20-3)17-12-4-6-13(19-2)7-5-12/h4-7,11,16-17H,8-10H2,1-3H3. The van der Waals surface area contributed by atoms with Crippen LogP contribution in [0.25, 0.3) is 0 Å². The van der Waals surface area contributed by atoms with Crippen molar-refractivity contribution in [3.63, 3.8) is 0 Å². The predicted octanol–water partition coefficient (Wildman–Crippen LogP) is 1.65.